The van der Waals surface area contributed by atoms with E-state index >= 15 is 0 Å². The summed E-state index contributed by atoms with van der Waals surface area (Å²) < 4.78 is 0. The Morgan fingerprint density at radius 2 is 2.07 bits per heavy atom. The highest BCUT2D eigenvalue weighted by Gasteiger charge is 2.23. The second-order valence-corrected chi connectivity index (χ2v) is 7.25. The molecule has 148 valence electrons. The molecule has 1 aliphatic rings. The Balaban J connectivity index is 1.59. The van der Waals surface area contributed by atoms with Gasteiger partial charge in [-0.3, -0.25) is 4.79 Å². The monoisotopic (exact) mass is 399 g/mol. The van der Waals surface area contributed by atoms with Gasteiger partial charge in [-0.2, -0.15) is 0 Å². The Labute approximate surface area is 170 Å². The van der Waals surface area contributed by atoms with Crippen LogP contribution in [-0.2, 0) is 6.54 Å². The lowest BCUT2D eigenvalue weighted by molar-refractivity contribution is 0.100. The van der Waals surface area contributed by atoms with Crippen LogP contribution in [0, 0.1) is 0 Å². The van der Waals surface area contributed by atoms with Crippen molar-refractivity contribution in [3.8, 4) is 0 Å². The molecular formula is C21H26ClN5O. The van der Waals surface area contributed by atoms with Crippen LogP contribution in [0.15, 0.2) is 53.5 Å². The van der Waals surface area contributed by atoms with Crippen LogP contribution in [-0.4, -0.2) is 37.5 Å². The summed E-state index contributed by atoms with van der Waals surface area (Å²) in [4.78, 5) is 18.2. The molecule has 1 atom stereocenters. The number of nitrogens with one attached hydrogen (secondary N) is 2. The van der Waals surface area contributed by atoms with Gasteiger partial charge in [-0.15, -0.1) is 0 Å². The molecule has 0 saturated carbocycles. The number of nitrogens with zero attached hydrogens (tertiary/aromatic N) is 2. The van der Waals surface area contributed by atoms with Crippen molar-refractivity contribution in [1.29, 1.82) is 0 Å². The van der Waals surface area contributed by atoms with Crippen molar-refractivity contribution in [1.82, 2.24) is 10.6 Å². The van der Waals surface area contributed by atoms with Crippen molar-refractivity contribution in [2.75, 3.05) is 24.5 Å². The second-order valence-electron chi connectivity index (χ2n) is 6.81. The Morgan fingerprint density at radius 1 is 1.29 bits per heavy atom. The van der Waals surface area contributed by atoms with E-state index in [-0.39, 0.29) is 0 Å². The minimum absolute atomic E-state index is 0.314. The Bertz CT molecular complexity index is 837. The van der Waals surface area contributed by atoms with Crippen LogP contribution in [0.25, 0.3) is 0 Å². The van der Waals surface area contributed by atoms with Crippen LogP contribution in [0.1, 0.15) is 29.3 Å². The van der Waals surface area contributed by atoms with E-state index in [1.54, 1.807) is 12.1 Å². The van der Waals surface area contributed by atoms with Crippen LogP contribution >= 0.6 is 11.6 Å². The molecule has 3 rings (SSSR count). The molecule has 0 aromatic heterocycles. The van der Waals surface area contributed by atoms with Crippen molar-refractivity contribution in [3.05, 3.63) is 64.7 Å². The third-order valence-electron chi connectivity index (χ3n) is 4.70. The zero-order valence-corrected chi connectivity index (χ0v) is 16.7. The second kappa shape index (κ2) is 9.46. The Morgan fingerprint density at radius 3 is 2.75 bits per heavy atom. The third-order valence-corrected chi connectivity index (χ3v) is 4.94. The highest BCUT2D eigenvalue weighted by molar-refractivity contribution is 6.30. The number of benzene rings is 2. The van der Waals surface area contributed by atoms with Gasteiger partial charge in [0.2, 0.25) is 5.91 Å². The maximum Gasteiger partial charge on any atom is 0.248 e. The van der Waals surface area contributed by atoms with Gasteiger partial charge < -0.3 is 21.3 Å². The molecule has 2 aromatic rings. The summed E-state index contributed by atoms with van der Waals surface area (Å²) in [5.74, 6) is 0.370. The first-order chi connectivity index (χ1) is 13.5. The number of carbonyl (C=O) groups is 1. The number of primary amides is 1. The maximum absolute atomic E-state index is 11.2. The molecule has 1 saturated heterocycles. The minimum atomic E-state index is -0.421. The molecule has 1 aliphatic heterocycles. The van der Waals surface area contributed by atoms with Crippen LogP contribution in [0.5, 0.6) is 0 Å². The molecule has 6 nitrogen and oxygen atoms in total. The molecule has 0 bridgehead atoms. The number of aliphatic imine (C=N–C) groups is 1. The topological polar surface area (TPSA) is 82.7 Å². The fourth-order valence-electron chi connectivity index (χ4n) is 3.24. The average molecular weight is 400 g/mol. The van der Waals surface area contributed by atoms with Gasteiger partial charge in [-0.25, -0.2) is 4.99 Å². The van der Waals surface area contributed by atoms with E-state index in [9.17, 15) is 4.79 Å². The van der Waals surface area contributed by atoms with E-state index in [2.05, 4.69) is 26.6 Å². The number of nitrogens with two attached hydrogens (primary N) is 1. The van der Waals surface area contributed by atoms with Crippen LogP contribution < -0.4 is 21.3 Å². The van der Waals surface area contributed by atoms with Gasteiger partial charge in [0.1, 0.15) is 0 Å². The Hall–Kier alpha value is -2.73. The first-order valence-electron chi connectivity index (χ1n) is 9.49. The van der Waals surface area contributed by atoms with Gasteiger partial charge in [-0.05, 0) is 49.2 Å². The summed E-state index contributed by atoms with van der Waals surface area (Å²) >= 11 is 6.11. The molecule has 2 aromatic carbocycles. The molecule has 1 unspecified atom stereocenters. The van der Waals surface area contributed by atoms with Crippen molar-refractivity contribution in [3.63, 3.8) is 0 Å². The van der Waals surface area contributed by atoms with Gasteiger partial charge in [0.05, 0.1) is 6.54 Å². The first-order valence-corrected chi connectivity index (χ1v) is 9.87. The van der Waals surface area contributed by atoms with Crippen molar-refractivity contribution in [2.45, 2.75) is 25.9 Å². The predicted molar refractivity (Wildman–Crippen MR) is 115 cm³/mol. The zero-order valence-electron chi connectivity index (χ0n) is 16.0. The van der Waals surface area contributed by atoms with Crippen LogP contribution in [0.4, 0.5) is 5.69 Å². The SMILES string of the molecule is CCNC(=NCc1ccc(C(N)=O)cc1)NC1CCN(c2cccc(Cl)c2)C1. The lowest BCUT2D eigenvalue weighted by Crippen LogP contribution is -2.44. The Kier molecular flexibility index (Phi) is 6.76. The summed E-state index contributed by atoms with van der Waals surface area (Å²) in [5, 5.41) is 7.58. The van der Waals surface area contributed by atoms with Crippen molar-refractivity contribution >= 4 is 29.2 Å². The fraction of sp³-hybridized carbons (Fsp3) is 0.333. The normalized spacial score (nSPS) is 16.9. The maximum atomic E-state index is 11.2. The third kappa shape index (κ3) is 5.39. The summed E-state index contributed by atoms with van der Waals surface area (Å²) in [6, 6.07) is 15.5. The van der Waals surface area contributed by atoms with E-state index in [1.807, 2.05) is 37.3 Å². The lowest BCUT2D eigenvalue weighted by Gasteiger charge is -2.20. The molecule has 28 heavy (non-hydrogen) atoms. The van der Waals surface area contributed by atoms with Gasteiger partial charge in [0, 0.05) is 41.9 Å². The smallest absolute Gasteiger partial charge is 0.248 e. The number of carbonyl (C=O) groups excluding carboxylic acids is 1. The van der Waals surface area contributed by atoms with Gasteiger partial charge in [0.15, 0.2) is 5.96 Å². The van der Waals surface area contributed by atoms with Gasteiger partial charge in [0.25, 0.3) is 0 Å². The quantitative estimate of drug-likeness (QED) is 0.515. The highest BCUT2D eigenvalue weighted by atomic mass is 35.5. The van der Waals surface area contributed by atoms with Crippen molar-refractivity contribution in [2.24, 2.45) is 10.7 Å². The van der Waals surface area contributed by atoms with E-state index in [4.69, 9.17) is 17.3 Å². The standard InChI is InChI=1S/C21H26ClN5O/c1-2-24-21(25-13-15-6-8-16(9-7-15)20(23)28)26-18-10-11-27(14-18)19-5-3-4-17(22)12-19/h3-9,12,18H,2,10-11,13-14H2,1H3,(H2,23,28)(H2,24,25,26). The molecule has 0 spiro atoms. The number of rotatable bonds is 6. The van der Waals surface area contributed by atoms with E-state index in [0.717, 1.165) is 48.3 Å². The van der Waals surface area contributed by atoms with Gasteiger partial charge in [-0.1, -0.05) is 29.8 Å². The summed E-state index contributed by atoms with van der Waals surface area (Å²) in [7, 11) is 0. The molecule has 4 N–H and O–H groups in total. The number of anilines is 1. The average Bonchev–Trinajstić information content (AvgIpc) is 3.15. The lowest BCUT2D eigenvalue weighted by atomic mass is 10.1. The van der Waals surface area contributed by atoms with E-state index in [0.29, 0.717) is 18.2 Å². The largest absolute Gasteiger partial charge is 0.369 e. The number of hydrogen-bond acceptors (Lipinski definition) is 3. The number of hydrogen-bond donors (Lipinski definition) is 3. The molecule has 1 amide bonds. The molecule has 0 aliphatic carbocycles. The molecule has 1 fully saturated rings. The summed E-state index contributed by atoms with van der Waals surface area (Å²) in [5.41, 5.74) is 7.95. The molecule has 0 radical (unpaired) electrons. The van der Waals surface area contributed by atoms with E-state index < -0.39 is 5.91 Å². The zero-order chi connectivity index (χ0) is 19.9. The first kappa shape index (κ1) is 20.0. The highest BCUT2D eigenvalue weighted by Crippen LogP contribution is 2.23. The van der Waals surface area contributed by atoms with Crippen LogP contribution in [0.2, 0.25) is 5.02 Å². The molecule has 7 heteroatoms. The van der Waals surface area contributed by atoms with Crippen LogP contribution in [0.3, 0.4) is 0 Å². The summed E-state index contributed by atoms with van der Waals surface area (Å²) in [6.45, 7) is 5.24. The number of amides is 1. The van der Waals surface area contributed by atoms with E-state index in [1.165, 1.54) is 0 Å². The molecular weight excluding hydrogens is 374 g/mol. The fourth-order valence-corrected chi connectivity index (χ4v) is 3.43. The minimum Gasteiger partial charge on any atom is -0.369 e. The molecule has 1 heterocycles. The summed E-state index contributed by atoms with van der Waals surface area (Å²) in [6.07, 6.45) is 1.03. The van der Waals surface area contributed by atoms with Crippen molar-refractivity contribution < 1.29 is 4.79 Å². The van der Waals surface area contributed by atoms with Gasteiger partial charge >= 0.3 is 0 Å². The number of halogens is 1. The number of guanidine groups is 1. The predicted octanol–water partition coefficient (Wildman–Crippen LogP) is 2.77.